The van der Waals surface area contributed by atoms with Crippen LogP contribution >= 0.6 is 394 Å². The standard InChI is InChI=1S/C14H7Br5O3.C13H7Br5O3.C13H5Br5O3.C7H5Br3O2.C7H3Br2FO.C7H8O2.C2H4O2.CH2O3.BBr3.Br2.2Na.H/c1-21-11-4-9(17)12(18)13(19)14(11)22-10-3-6(15)2-8(16)7(10)5-20;1-20-9-4-6(15)10(17)11(18)13(9)21-8-3-5(14)2-7(16)12(8)19;14-6-2-8(16)12(20)9(3-6)21-13-5(4-19)1-7(15)10(17)11(13)18;1-12-4-2-3(8)5(9)6(10)7(4)11;8-4-1-6(9)5(3-11)7(10)2-4;1-9-7-5-3-2-4-6(7)8;1-2(3)4;2-1-4-3;2-1(3)4;1-2;;;/h2-5H,1H3;2-4,19H,1H3;1-4,20H;2,11H,1H3;1-3H;2-5,8H,1H3;1H3,(H,3,4);1,3H;;;;;/q;;;;;;;;;;2*+1;-1/p-1. The molecule has 0 unspecified atom stereocenters. The van der Waals surface area contributed by atoms with E-state index in [2.05, 4.69) is 399 Å². The van der Waals surface area contributed by atoms with Crippen molar-refractivity contribution >= 4 is 429 Å². The molecule has 19 nitrogen and oxygen atoms in total. The first-order chi connectivity index (χ1) is 51.5. The second-order valence-electron chi connectivity index (χ2n) is 18.3. The molecule has 0 amide bonds. The van der Waals surface area contributed by atoms with Crippen LogP contribution in [0.25, 0.3) is 0 Å². The molecular weight excluding hydrogens is 3150 g/mol. The molecule has 9 aromatic rings. The van der Waals surface area contributed by atoms with Gasteiger partial charge in [0.25, 0.3) is 12.4 Å². The Hall–Kier alpha value is 2.68. The van der Waals surface area contributed by atoms with Crippen LogP contribution in [-0.2, 0) is 14.5 Å². The van der Waals surface area contributed by atoms with Crippen LogP contribution in [0.5, 0.6) is 80.5 Å². The normalized spacial score (nSPS) is 9.46. The number of phenols is 4. The largest absolute Gasteiger partial charge is 1.00 e. The number of hydrogen-bond acceptors (Lipinski definition) is 18. The van der Waals surface area contributed by atoms with E-state index in [0.29, 0.717) is 125 Å². The fraction of sp³-hybridized carbons (Fsp3) is 0.0781. The number of carboxylic acids is 1. The van der Waals surface area contributed by atoms with Gasteiger partial charge in [0.1, 0.15) is 11.6 Å². The number of carbonyl (C=O) groups is 5. The number of carboxylic acid groups (broad SMARTS) is 1. The monoisotopic (exact) mass is 3160 g/mol. The molecule has 9 aromatic carbocycles. The second kappa shape index (κ2) is 63.6. The fourth-order valence-electron chi connectivity index (χ4n) is 6.74. The number of aliphatic carboxylic acids is 1. The molecule has 0 spiro atoms. The van der Waals surface area contributed by atoms with Crippen LogP contribution in [0.4, 0.5) is 4.39 Å². The topological polar surface area (TPSA) is 283 Å². The van der Waals surface area contributed by atoms with E-state index in [4.69, 9.17) is 58.2 Å². The van der Waals surface area contributed by atoms with Gasteiger partial charge in [-0.05, 0) is 340 Å². The van der Waals surface area contributed by atoms with Crippen molar-refractivity contribution in [3.05, 3.63) is 209 Å². The zero-order valence-corrected chi connectivity index (χ0v) is 100. The Morgan fingerprint density at radius 2 is 0.705 bits per heavy atom. The molecule has 0 aromatic heterocycles. The summed E-state index contributed by atoms with van der Waals surface area (Å²) in [6.45, 7) is 0.903. The minimum Gasteiger partial charge on any atom is -1.00 e. The first kappa shape index (κ1) is 119. The second-order valence-corrected chi connectivity index (χ2v) is 41.6. The summed E-state index contributed by atoms with van der Waals surface area (Å²) in [6, 6.07) is 26.8. The smallest absolute Gasteiger partial charge is 1.00 e. The van der Waals surface area contributed by atoms with Gasteiger partial charge in [-0.2, -0.15) is 0 Å². The summed E-state index contributed by atoms with van der Waals surface area (Å²) in [4.78, 5) is 53.1. The van der Waals surface area contributed by atoms with Gasteiger partial charge in [-0.25, -0.2) is 4.39 Å². The molecule has 0 fully saturated rings. The van der Waals surface area contributed by atoms with Crippen molar-refractivity contribution in [1.82, 2.24) is 0 Å². The molecule has 112 heavy (non-hydrogen) atoms. The van der Waals surface area contributed by atoms with E-state index in [-0.39, 0.29) is 105 Å². The Bertz CT molecular complexity index is 4610. The van der Waals surface area contributed by atoms with E-state index >= 15 is 0 Å². The number of aromatic hydroxyl groups is 4. The zero-order chi connectivity index (χ0) is 84.9. The average molecular weight is 3190 g/mol. The molecule has 0 saturated carbocycles. The van der Waals surface area contributed by atoms with Crippen LogP contribution < -0.4 is 97.5 Å². The Balaban J connectivity index is -0.000000619. The number of para-hydroxylation sites is 2. The molecule has 0 bridgehead atoms. The van der Waals surface area contributed by atoms with Crippen LogP contribution in [0, 0.1) is 5.82 Å². The van der Waals surface area contributed by atoms with Crippen LogP contribution in [0.3, 0.4) is 0 Å². The van der Waals surface area contributed by atoms with Crippen molar-refractivity contribution in [3.8, 4) is 80.5 Å². The zero-order valence-electron chi connectivity index (χ0n) is 57.4. The maximum atomic E-state index is 12.8. The Morgan fingerprint density at radius 3 is 1.04 bits per heavy atom. The summed E-state index contributed by atoms with van der Waals surface area (Å²) in [5.41, 5.74) is 0.803. The molecule has 5 N–H and O–H groups in total. The maximum Gasteiger partial charge on any atom is 1.00 e. The van der Waals surface area contributed by atoms with E-state index in [1.807, 2.05) is 0 Å². The number of phenolic OH excluding ortho intramolecular Hbond substituents is 4. The number of aldehydes is 3. The van der Waals surface area contributed by atoms with Crippen molar-refractivity contribution < 1.29 is 158 Å². The Labute approximate surface area is 895 Å². The third-order valence-electron chi connectivity index (χ3n) is 11.3. The molecule has 0 aliphatic carbocycles. The van der Waals surface area contributed by atoms with Gasteiger partial charge in [0.15, 0.2) is 93.6 Å². The number of carbonyl (C=O) groups excluding carboxylic acids is 4. The van der Waals surface area contributed by atoms with E-state index < -0.39 is 11.8 Å². The van der Waals surface area contributed by atoms with Crippen LogP contribution in [0.15, 0.2) is 187 Å². The van der Waals surface area contributed by atoms with E-state index in [1.165, 1.54) is 20.3 Å². The molecule has 0 saturated heterocycles. The molecule has 0 aliphatic heterocycles. The molecule has 9 rings (SSSR count). The quantitative estimate of drug-likeness (QED) is 0.0222. The fourth-order valence-corrected chi connectivity index (χ4v) is 17.5. The molecular formula is C64H41BBr25FNa2O19. The number of benzene rings is 9. The molecule has 0 atom stereocenters. The number of halogens is 26. The minimum atomic E-state index is -0.833. The van der Waals surface area contributed by atoms with Gasteiger partial charge in [0, 0.05) is 97.8 Å². The van der Waals surface area contributed by atoms with Gasteiger partial charge >= 0.3 is 62.3 Å². The molecule has 598 valence electrons. The van der Waals surface area contributed by atoms with Gasteiger partial charge < -0.3 is 70.3 Å². The van der Waals surface area contributed by atoms with Gasteiger partial charge in [0.05, 0.1) is 72.0 Å². The predicted octanol–water partition coefficient (Wildman–Crippen LogP) is 25.7. The van der Waals surface area contributed by atoms with Crippen LogP contribution in [0.2, 0.25) is 0 Å². The third-order valence-corrected chi connectivity index (χ3v) is 28.7. The number of ether oxygens (including phenoxy) is 7. The van der Waals surface area contributed by atoms with Crippen molar-refractivity contribution in [2.75, 3.05) is 28.4 Å². The average Bonchev–Trinajstić information content (AvgIpc) is 0.805. The number of methoxy groups -OCH3 is 4. The molecule has 0 heterocycles. The van der Waals surface area contributed by atoms with Crippen molar-refractivity contribution in [1.29, 1.82) is 0 Å². The molecule has 48 heteroatoms. The summed E-state index contributed by atoms with van der Waals surface area (Å²) in [7, 11) is 6.12. The van der Waals surface area contributed by atoms with Gasteiger partial charge in [-0.15, -0.1) is 47.3 Å². The van der Waals surface area contributed by atoms with Crippen molar-refractivity contribution in [2.45, 2.75) is 6.92 Å². The van der Waals surface area contributed by atoms with Crippen LogP contribution in [-0.4, -0.2) is 88.5 Å². The van der Waals surface area contributed by atoms with E-state index in [1.54, 1.807) is 105 Å². The van der Waals surface area contributed by atoms with E-state index in [0.717, 1.165) is 53.5 Å². The molecule has 0 aliphatic rings. The van der Waals surface area contributed by atoms with Gasteiger partial charge in [0.2, 0.25) is 0 Å². The summed E-state index contributed by atoms with van der Waals surface area (Å²) in [6.07, 6.45) is 1.90. The first-order valence-corrected chi connectivity index (χ1v) is 49.6. The van der Waals surface area contributed by atoms with Gasteiger partial charge in [-0.3, -0.25) is 24.0 Å². The maximum absolute atomic E-state index is 12.8. The van der Waals surface area contributed by atoms with Crippen molar-refractivity contribution in [3.63, 3.8) is 0 Å². The SMILES string of the molecule is BrB(Br)Br.BrBr.CC(=O)O.COc1cc(Br)c(Br)c(Br)c1O.COc1cc(Br)c(Br)c(Br)c1Oc1cc(Br)cc(Br)c1C=O.COc1cc(Br)c(Br)c(Br)c1Oc1cc(Br)cc(Br)c1O.COc1ccccc1O.O=CO[O-].O=Cc1c(F)cc(Br)cc1Br.O=Cc1cc(Br)c(Br)c(Br)c1Oc1cc(Br)cc(Br)c1O.[H-].[Na+].[Na+]. The summed E-state index contributed by atoms with van der Waals surface area (Å²) >= 11 is 81.4. The predicted molar refractivity (Wildman–Crippen MR) is 513 cm³/mol. The van der Waals surface area contributed by atoms with Gasteiger partial charge in [-0.1, -0.05) is 75.9 Å². The van der Waals surface area contributed by atoms with E-state index in [9.17, 15) is 34.1 Å². The van der Waals surface area contributed by atoms with Crippen molar-refractivity contribution in [2.24, 2.45) is 0 Å². The summed E-state index contributed by atoms with van der Waals surface area (Å²) < 4.78 is 64.6. The molecule has 0 radical (unpaired) electrons. The number of rotatable bonds is 14. The Kier molecular flexibility index (Phi) is 67.5. The number of hydrogen-bond donors (Lipinski definition) is 5. The third kappa shape index (κ3) is 41.2. The summed E-state index contributed by atoms with van der Waals surface area (Å²) in [5, 5.41) is 54.4. The summed E-state index contributed by atoms with van der Waals surface area (Å²) in [5.74, 6) is 2.99. The minimum absolute atomic E-state index is 0. The van der Waals surface area contributed by atoms with Crippen LogP contribution in [0.1, 0.15) is 39.4 Å². The Morgan fingerprint density at radius 1 is 0.402 bits per heavy atom. The first-order valence-electron chi connectivity index (χ1n) is 27.2.